The van der Waals surface area contributed by atoms with Gasteiger partial charge in [0.25, 0.3) is 0 Å². The van der Waals surface area contributed by atoms with Crippen LogP contribution >= 0.6 is 0 Å². The van der Waals surface area contributed by atoms with Crippen LogP contribution in [0.4, 0.5) is 5.82 Å². The van der Waals surface area contributed by atoms with Crippen LogP contribution in [0.2, 0.25) is 0 Å². The van der Waals surface area contributed by atoms with Crippen LogP contribution in [0, 0.1) is 6.92 Å². The number of ether oxygens (including phenoxy) is 1. The van der Waals surface area contributed by atoms with Gasteiger partial charge in [-0.05, 0) is 36.8 Å². The lowest BCUT2D eigenvalue weighted by molar-refractivity contribution is 0.414. The highest BCUT2D eigenvalue weighted by Gasteiger charge is 2.11. The average Bonchev–Trinajstić information content (AvgIpc) is 3.12. The normalized spacial score (nSPS) is 10.8. The first kappa shape index (κ1) is 16.1. The molecule has 0 amide bonds. The number of nitrogens with zero attached hydrogens (tertiary/aromatic N) is 4. The third-order valence-electron chi connectivity index (χ3n) is 4.26. The smallest absolute Gasteiger partial charge is 0.168 e. The first-order valence-corrected chi connectivity index (χ1v) is 8.37. The fraction of sp³-hybridized carbons (Fsp3) is 0.150. The second-order valence-electron chi connectivity index (χ2n) is 6.05. The summed E-state index contributed by atoms with van der Waals surface area (Å²) in [7, 11) is 1.66. The number of benzene rings is 2. The molecule has 1 N–H and O–H groups in total. The topological polar surface area (TPSA) is 64.9 Å². The molecule has 6 heteroatoms. The van der Waals surface area contributed by atoms with Crippen molar-refractivity contribution in [1.29, 1.82) is 0 Å². The summed E-state index contributed by atoms with van der Waals surface area (Å²) in [6.45, 7) is 2.72. The van der Waals surface area contributed by atoms with E-state index in [0.29, 0.717) is 6.54 Å². The molecule has 0 radical (unpaired) electrons. The van der Waals surface area contributed by atoms with Crippen molar-refractivity contribution in [2.24, 2.45) is 0 Å². The van der Waals surface area contributed by atoms with Crippen LogP contribution < -0.4 is 10.1 Å². The van der Waals surface area contributed by atoms with Gasteiger partial charge >= 0.3 is 0 Å². The van der Waals surface area contributed by atoms with Gasteiger partial charge in [-0.15, -0.1) is 0 Å². The largest absolute Gasteiger partial charge is 0.497 e. The monoisotopic (exact) mass is 345 g/mol. The van der Waals surface area contributed by atoms with E-state index in [-0.39, 0.29) is 0 Å². The van der Waals surface area contributed by atoms with Gasteiger partial charge in [0.15, 0.2) is 5.65 Å². The van der Waals surface area contributed by atoms with Crippen molar-refractivity contribution in [2.75, 3.05) is 12.4 Å². The Bertz CT molecular complexity index is 1020. The number of nitrogens with one attached hydrogen (secondary N) is 1. The Labute approximate surface area is 151 Å². The maximum atomic E-state index is 5.19. The quantitative estimate of drug-likeness (QED) is 0.597. The maximum Gasteiger partial charge on any atom is 0.168 e. The molecule has 0 saturated carbocycles. The molecule has 0 bridgehead atoms. The van der Waals surface area contributed by atoms with Gasteiger partial charge < -0.3 is 10.1 Å². The average molecular weight is 345 g/mol. The summed E-state index contributed by atoms with van der Waals surface area (Å²) in [5.41, 5.74) is 4.11. The van der Waals surface area contributed by atoms with Gasteiger partial charge in [0.1, 0.15) is 17.9 Å². The van der Waals surface area contributed by atoms with E-state index in [2.05, 4.69) is 39.4 Å². The highest BCUT2D eigenvalue weighted by molar-refractivity contribution is 5.87. The molecule has 0 atom stereocenters. The second-order valence-corrected chi connectivity index (χ2v) is 6.05. The van der Waals surface area contributed by atoms with Crippen LogP contribution in [0.25, 0.3) is 16.7 Å². The number of aryl methyl sites for hydroxylation is 1. The molecule has 4 aromatic rings. The SMILES string of the molecule is COc1ccc(CNc2ncnc3c2cnn3-c2ccc(C)cc2)cc1. The van der Waals surface area contributed by atoms with E-state index < -0.39 is 0 Å². The standard InChI is InChI=1S/C20H19N5O/c1-14-3-7-16(8-4-14)25-20-18(12-24-25)19(22-13-23-20)21-11-15-5-9-17(26-2)10-6-15/h3-10,12-13H,11H2,1-2H3,(H,21,22,23). The van der Waals surface area contributed by atoms with E-state index in [1.54, 1.807) is 19.6 Å². The van der Waals surface area contributed by atoms with Crippen LogP contribution in [0.15, 0.2) is 61.1 Å². The van der Waals surface area contributed by atoms with Crippen molar-refractivity contribution in [3.8, 4) is 11.4 Å². The predicted octanol–water partition coefficient (Wildman–Crippen LogP) is 3.74. The van der Waals surface area contributed by atoms with Gasteiger partial charge in [0.2, 0.25) is 0 Å². The predicted molar refractivity (Wildman–Crippen MR) is 102 cm³/mol. The first-order chi connectivity index (χ1) is 12.7. The van der Waals surface area contributed by atoms with E-state index in [0.717, 1.165) is 33.9 Å². The fourth-order valence-corrected chi connectivity index (χ4v) is 2.79. The van der Waals surface area contributed by atoms with Crippen LogP contribution in [0.3, 0.4) is 0 Å². The molecule has 0 aliphatic carbocycles. The summed E-state index contributed by atoms with van der Waals surface area (Å²) in [4.78, 5) is 8.79. The summed E-state index contributed by atoms with van der Waals surface area (Å²) in [5, 5.41) is 8.75. The van der Waals surface area contributed by atoms with Crippen molar-refractivity contribution < 1.29 is 4.74 Å². The molecule has 130 valence electrons. The summed E-state index contributed by atoms with van der Waals surface area (Å²) in [6.07, 6.45) is 3.36. The third kappa shape index (κ3) is 3.09. The molecule has 0 unspecified atom stereocenters. The van der Waals surface area contributed by atoms with Crippen LogP contribution in [-0.4, -0.2) is 26.9 Å². The van der Waals surface area contributed by atoms with Crippen LogP contribution in [0.5, 0.6) is 5.75 Å². The lowest BCUT2D eigenvalue weighted by Crippen LogP contribution is -2.03. The van der Waals surface area contributed by atoms with E-state index in [1.807, 2.05) is 41.1 Å². The molecule has 0 fully saturated rings. The Balaban J connectivity index is 1.61. The van der Waals surface area contributed by atoms with Crippen molar-refractivity contribution in [3.05, 3.63) is 72.2 Å². The molecular weight excluding hydrogens is 326 g/mol. The lowest BCUT2D eigenvalue weighted by atomic mass is 10.2. The van der Waals surface area contributed by atoms with E-state index in [4.69, 9.17) is 4.74 Å². The minimum Gasteiger partial charge on any atom is -0.497 e. The van der Waals surface area contributed by atoms with Crippen molar-refractivity contribution >= 4 is 16.9 Å². The van der Waals surface area contributed by atoms with Gasteiger partial charge in [-0.2, -0.15) is 5.10 Å². The zero-order valence-corrected chi connectivity index (χ0v) is 14.7. The highest BCUT2D eigenvalue weighted by atomic mass is 16.5. The third-order valence-corrected chi connectivity index (χ3v) is 4.26. The van der Waals surface area contributed by atoms with Crippen LogP contribution in [0.1, 0.15) is 11.1 Å². The van der Waals surface area contributed by atoms with Gasteiger partial charge in [0, 0.05) is 6.54 Å². The fourth-order valence-electron chi connectivity index (χ4n) is 2.79. The van der Waals surface area contributed by atoms with Gasteiger partial charge in [-0.3, -0.25) is 0 Å². The first-order valence-electron chi connectivity index (χ1n) is 8.37. The Hall–Kier alpha value is -3.41. The van der Waals surface area contributed by atoms with Gasteiger partial charge in [-0.1, -0.05) is 29.8 Å². The number of anilines is 1. The Morgan fingerprint density at radius 3 is 2.50 bits per heavy atom. The van der Waals surface area contributed by atoms with Crippen molar-refractivity contribution in [3.63, 3.8) is 0 Å². The molecule has 0 aliphatic rings. The van der Waals surface area contributed by atoms with Gasteiger partial charge in [0.05, 0.1) is 24.4 Å². The minimum atomic E-state index is 0.659. The molecule has 0 saturated heterocycles. The molecule has 0 spiro atoms. The Kier molecular flexibility index (Phi) is 4.23. The number of rotatable bonds is 5. The highest BCUT2D eigenvalue weighted by Crippen LogP contribution is 2.22. The Morgan fingerprint density at radius 1 is 1.00 bits per heavy atom. The maximum absolute atomic E-state index is 5.19. The molecule has 26 heavy (non-hydrogen) atoms. The van der Waals surface area contributed by atoms with E-state index >= 15 is 0 Å². The molecule has 4 rings (SSSR count). The van der Waals surface area contributed by atoms with Crippen molar-refractivity contribution in [1.82, 2.24) is 19.7 Å². The number of aromatic nitrogens is 4. The van der Waals surface area contributed by atoms with E-state index in [1.165, 1.54) is 5.56 Å². The Morgan fingerprint density at radius 2 is 1.77 bits per heavy atom. The number of hydrogen-bond acceptors (Lipinski definition) is 5. The molecule has 2 aromatic heterocycles. The van der Waals surface area contributed by atoms with Crippen molar-refractivity contribution in [2.45, 2.75) is 13.5 Å². The molecule has 2 aromatic carbocycles. The zero-order chi connectivity index (χ0) is 17.9. The zero-order valence-electron chi connectivity index (χ0n) is 14.7. The van der Waals surface area contributed by atoms with Gasteiger partial charge in [-0.25, -0.2) is 14.6 Å². The molecular formula is C20H19N5O. The van der Waals surface area contributed by atoms with E-state index in [9.17, 15) is 0 Å². The lowest BCUT2D eigenvalue weighted by Gasteiger charge is -2.08. The number of methoxy groups -OCH3 is 1. The molecule has 2 heterocycles. The summed E-state index contributed by atoms with van der Waals surface area (Å²) in [6, 6.07) is 16.1. The molecule has 6 nitrogen and oxygen atoms in total. The second kappa shape index (κ2) is 6.84. The number of hydrogen-bond donors (Lipinski definition) is 1. The minimum absolute atomic E-state index is 0.659. The number of fused-ring (bicyclic) bond motifs is 1. The summed E-state index contributed by atoms with van der Waals surface area (Å²) < 4.78 is 7.02. The summed E-state index contributed by atoms with van der Waals surface area (Å²) >= 11 is 0. The van der Waals surface area contributed by atoms with Crippen LogP contribution in [-0.2, 0) is 6.54 Å². The summed E-state index contributed by atoms with van der Waals surface area (Å²) in [5.74, 6) is 1.61. The molecule has 0 aliphatic heterocycles.